The Hall–Kier alpha value is -0.0800. The third kappa shape index (κ3) is 2.96. The van der Waals surface area contributed by atoms with Crippen LogP contribution in [-0.4, -0.2) is 35.7 Å². The molecule has 0 aromatic rings. The van der Waals surface area contributed by atoms with Crippen LogP contribution in [0.4, 0.5) is 0 Å². The van der Waals surface area contributed by atoms with Gasteiger partial charge in [0.25, 0.3) is 0 Å². The fraction of sp³-hybridized carbons (Fsp3) is 1.00. The van der Waals surface area contributed by atoms with Gasteiger partial charge in [0.2, 0.25) is 0 Å². The highest BCUT2D eigenvalue weighted by Crippen LogP contribution is 2.31. The highest BCUT2D eigenvalue weighted by molar-refractivity contribution is 4.85. The Morgan fingerprint density at radius 2 is 2.00 bits per heavy atom. The van der Waals surface area contributed by atoms with Crippen LogP contribution in [0.5, 0.6) is 0 Å². The quantitative estimate of drug-likeness (QED) is 0.710. The maximum atomic E-state index is 8.96. The van der Waals surface area contributed by atoms with Crippen LogP contribution < -0.4 is 0 Å². The van der Waals surface area contributed by atoms with E-state index in [0.29, 0.717) is 18.1 Å². The first-order valence-corrected chi connectivity index (χ1v) is 5.40. The Kier molecular flexibility index (Phi) is 3.74. The fourth-order valence-electron chi connectivity index (χ4n) is 2.37. The molecule has 0 amide bonds. The molecule has 0 aliphatic carbocycles. The lowest BCUT2D eigenvalue weighted by Gasteiger charge is -2.43. The smallest absolute Gasteiger partial charge is 0.0558 e. The molecule has 0 aromatic heterocycles. The molecule has 1 aliphatic rings. The van der Waals surface area contributed by atoms with Gasteiger partial charge in [0.05, 0.1) is 6.61 Å². The average Bonchev–Trinajstić information content (AvgIpc) is 2.04. The molecule has 1 unspecified atom stereocenters. The number of piperidine rings is 1. The van der Waals surface area contributed by atoms with E-state index < -0.39 is 0 Å². The van der Waals surface area contributed by atoms with Crippen molar-refractivity contribution in [2.45, 2.75) is 46.1 Å². The largest absolute Gasteiger partial charge is 0.395 e. The molecule has 0 saturated carbocycles. The van der Waals surface area contributed by atoms with Gasteiger partial charge in [0.1, 0.15) is 0 Å². The summed E-state index contributed by atoms with van der Waals surface area (Å²) in [6.07, 6.45) is 3.94. The van der Waals surface area contributed by atoms with Gasteiger partial charge in [-0.05, 0) is 24.8 Å². The van der Waals surface area contributed by atoms with Crippen molar-refractivity contribution in [2.75, 3.05) is 19.7 Å². The van der Waals surface area contributed by atoms with E-state index in [1.807, 2.05) is 0 Å². The van der Waals surface area contributed by atoms with E-state index >= 15 is 0 Å². The minimum absolute atomic E-state index is 0.298. The molecule has 0 bridgehead atoms. The molecule has 1 saturated heterocycles. The van der Waals surface area contributed by atoms with Crippen molar-refractivity contribution in [1.82, 2.24) is 4.90 Å². The van der Waals surface area contributed by atoms with E-state index in [-0.39, 0.29) is 0 Å². The van der Waals surface area contributed by atoms with Gasteiger partial charge >= 0.3 is 0 Å². The molecule has 1 aliphatic heterocycles. The average molecular weight is 185 g/mol. The van der Waals surface area contributed by atoms with Gasteiger partial charge in [-0.15, -0.1) is 0 Å². The molecule has 78 valence electrons. The predicted molar refractivity (Wildman–Crippen MR) is 55.8 cm³/mol. The zero-order valence-corrected chi connectivity index (χ0v) is 9.21. The monoisotopic (exact) mass is 185 g/mol. The van der Waals surface area contributed by atoms with Crippen LogP contribution in [-0.2, 0) is 0 Å². The van der Waals surface area contributed by atoms with Crippen LogP contribution in [0.1, 0.15) is 40.0 Å². The summed E-state index contributed by atoms with van der Waals surface area (Å²) in [5.74, 6) is 0. The third-order valence-electron chi connectivity index (χ3n) is 3.00. The molecular weight excluding hydrogens is 162 g/mol. The maximum absolute atomic E-state index is 8.96. The second kappa shape index (κ2) is 4.43. The van der Waals surface area contributed by atoms with Gasteiger partial charge in [-0.1, -0.05) is 27.2 Å². The van der Waals surface area contributed by atoms with Crippen LogP contribution in [0.2, 0.25) is 0 Å². The molecule has 1 atom stereocenters. The summed E-state index contributed by atoms with van der Waals surface area (Å²) >= 11 is 0. The second-order valence-electron chi connectivity index (χ2n) is 5.14. The summed E-state index contributed by atoms with van der Waals surface area (Å²) in [6.45, 7) is 9.21. The second-order valence-corrected chi connectivity index (χ2v) is 5.14. The molecule has 0 spiro atoms. The number of rotatable bonds is 2. The summed E-state index contributed by atoms with van der Waals surface area (Å²) in [5.41, 5.74) is 0.357. The van der Waals surface area contributed by atoms with Crippen LogP contribution in [0, 0.1) is 5.41 Å². The standard InChI is InChI=1S/C11H23NO/c1-11(2,3)10-6-4-5-7-12(10)8-9-13/h10,13H,4-9H2,1-3H3. The first-order chi connectivity index (χ1) is 6.05. The number of likely N-dealkylation sites (tertiary alicyclic amines) is 1. The molecule has 0 aromatic carbocycles. The molecule has 13 heavy (non-hydrogen) atoms. The molecule has 1 rings (SSSR count). The SMILES string of the molecule is CC(C)(C)C1CCCCN1CCO. The van der Waals surface area contributed by atoms with Crippen LogP contribution in [0.15, 0.2) is 0 Å². The van der Waals surface area contributed by atoms with E-state index in [2.05, 4.69) is 25.7 Å². The molecule has 2 nitrogen and oxygen atoms in total. The van der Waals surface area contributed by atoms with E-state index in [1.165, 1.54) is 25.8 Å². The lowest BCUT2D eigenvalue weighted by molar-refractivity contribution is 0.0494. The van der Waals surface area contributed by atoms with E-state index in [1.54, 1.807) is 0 Å². The van der Waals surface area contributed by atoms with Crippen LogP contribution in [0.25, 0.3) is 0 Å². The highest BCUT2D eigenvalue weighted by Gasteiger charge is 2.31. The first kappa shape index (κ1) is 11.0. The van der Waals surface area contributed by atoms with Crippen molar-refractivity contribution in [1.29, 1.82) is 0 Å². The predicted octanol–water partition coefficient (Wildman–Crippen LogP) is 1.88. The Bertz CT molecular complexity index is 149. The van der Waals surface area contributed by atoms with Gasteiger partial charge in [-0.25, -0.2) is 0 Å². The van der Waals surface area contributed by atoms with Crippen LogP contribution >= 0.6 is 0 Å². The van der Waals surface area contributed by atoms with Crippen molar-refractivity contribution in [3.63, 3.8) is 0 Å². The summed E-state index contributed by atoms with van der Waals surface area (Å²) in [7, 11) is 0. The number of β-amino-alcohol motifs (C(OH)–C–C–N with tert-alkyl or cyclic N) is 1. The molecule has 1 fully saturated rings. The molecule has 0 radical (unpaired) electrons. The third-order valence-corrected chi connectivity index (χ3v) is 3.00. The zero-order chi connectivity index (χ0) is 9.90. The number of aliphatic hydroxyl groups excluding tert-OH is 1. The Morgan fingerprint density at radius 3 is 2.54 bits per heavy atom. The van der Waals surface area contributed by atoms with Gasteiger partial charge in [0, 0.05) is 12.6 Å². The fourth-order valence-corrected chi connectivity index (χ4v) is 2.37. The minimum Gasteiger partial charge on any atom is -0.395 e. The zero-order valence-electron chi connectivity index (χ0n) is 9.21. The molecular formula is C11H23NO. The summed E-state index contributed by atoms with van der Waals surface area (Å²) < 4.78 is 0. The van der Waals surface area contributed by atoms with Crippen molar-refractivity contribution >= 4 is 0 Å². The van der Waals surface area contributed by atoms with E-state index in [9.17, 15) is 0 Å². The van der Waals surface area contributed by atoms with Gasteiger partial charge < -0.3 is 5.11 Å². The van der Waals surface area contributed by atoms with Crippen molar-refractivity contribution < 1.29 is 5.11 Å². The number of aliphatic hydroxyl groups is 1. The summed E-state index contributed by atoms with van der Waals surface area (Å²) in [5, 5.41) is 8.96. The van der Waals surface area contributed by atoms with Crippen LogP contribution in [0.3, 0.4) is 0 Å². The lowest BCUT2D eigenvalue weighted by atomic mass is 9.80. The Morgan fingerprint density at radius 1 is 1.31 bits per heavy atom. The van der Waals surface area contributed by atoms with Gasteiger partial charge in [-0.3, -0.25) is 4.90 Å². The summed E-state index contributed by atoms with van der Waals surface area (Å²) in [6, 6.07) is 0.661. The van der Waals surface area contributed by atoms with Crippen molar-refractivity contribution in [2.24, 2.45) is 5.41 Å². The number of nitrogens with zero attached hydrogens (tertiary/aromatic N) is 1. The number of hydrogen-bond donors (Lipinski definition) is 1. The normalized spacial score (nSPS) is 26.3. The van der Waals surface area contributed by atoms with Gasteiger partial charge in [0.15, 0.2) is 0 Å². The molecule has 2 heteroatoms. The highest BCUT2D eigenvalue weighted by atomic mass is 16.3. The first-order valence-electron chi connectivity index (χ1n) is 5.40. The lowest BCUT2D eigenvalue weighted by Crippen LogP contribution is -2.48. The van der Waals surface area contributed by atoms with Crippen molar-refractivity contribution in [3.8, 4) is 0 Å². The molecule has 1 N–H and O–H groups in total. The van der Waals surface area contributed by atoms with E-state index in [4.69, 9.17) is 5.11 Å². The Balaban J connectivity index is 2.56. The minimum atomic E-state index is 0.298. The summed E-state index contributed by atoms with van der Waals surface area (Å²) in [4.78, 5) is 2.45. The maximum Gasteiger partial charge on any atom is 0.0558 e. The van der Waals surface area contributed by atoms with E-state index in [0.717, 1.165) is 6.54 Å². The molecule has 1 heterocycles. The Labute approximate surface area is 81.9 Å². The van der Waals surface area contributed by atoms with Crippen molar-refractivity contribution in [3.05, 3.63) is 0 Å². The topological polar surface area (TPSA) is 23.5 Å². The number of hydrogen-bond acceptors (Lipinski definition) is 2. The van der Waals surface area contributed by atoms with Gasteiger partial charge in [-0.2, -0.15) is 0 Å².